The van der Waals surface area contributed by atoms with Gasteiger partial charge in [-0.1, -0.05) is 64.5 Å². The Morgan fingerprint density at radius 1 is 1.04 bits per heavy atom. The number of hydrogen-bond acceptors (Lipinski definition) is 3. The molecule has 0 spiro atoms. The van der Waals surface area contributed by atoms with Crippen LogP contribution in [0, 0.1) is 0 Å². The molecule has 0 heterocycles. The van der Waals surface area contributed by atoms with Crippen LogP contribution in [0.5, 0.6) is 0 Å². The standard InChI is InChI=1S/C12H22O.C5H10.C3H6O2.C2H6/c1-4-6-8-9-11-13-12(3)10-7-5-2;1-3-5-4-2;1-2-5-3-4;1-2/h5,8-9,12H,2,4,6-7,10-11H2,1,3H3;3,5H,4H2,1-2H3;3H,2H2,1H3;1-2H3/b9-8+;5-3-;;/t12-;;;/m1.../s1. The monoisotopic (exact) mass is 356 g/mol. The predicted octanol–water partition coefficient (Wildman–Crippen LogP) is 6.89. The quantitative estimate of drug-likeness (QED) is 0.298. The van der Waals surface area contributed by atoms with Crippen molar-refractivity contribution in [1.29, 1.82) is 0 Å². The molecule has 0 aliphatic carbocycles. The lowest BCUT2D eigenvalue weighted by molar-refractivity contribution is -0.128. The summed E-state index contributed by atoms with van der Waals surface area (Å²) in [5.41, 5.74) is 0. The second-order valence-electron chi connectivity index (χ2n) is 4.80. The number of rotatable bonds is 11. The largest absolute Gasteiger partial charge is 0.468 e. The molecule has 150 valence electrons. The van der Waals surface area contributed by atoms with Crippen LogP contribution in [0.2, 0.25) is 0 Å². The van der Waals surface area contributed by atoms with E-state index in [4.69, 9.17) is 4.74 Å². The number of carbonyl (C=O) groups excluding carboxylic acids is 1. The molecule has 0 aliphatic heterocycles. The first-order valence-corrected chi connectivity index (χ1v) is 9.68. The molecule has 0 aliphatic rings. The van der Waals surface area contributed by atoms with Crippen molar-refractivity contribution >= 4 is 6.47 Å². The van der Waals surface area contributed by atoms with Gasteiger partial charge >= 0.3 is 0 Å². The van der Waals surface area contributed by atoms with Crippen LogP contribution >= 0.6 is 0 Å². The van der Waals surface area contributed by atoms with Crippen LogP contribution in [0.1, 0.15) is 80.6 Å². The molecule has 3 nitrogen and oxygen atoms in total. The second kappa shape index (κ2) is 38.3. The van der Waals surface area contributed by atoms with Crippen LogP contribution in [-0.4, -0.2) is 25.8 Å². The fraction of sp³-hybridized carbons (Fsp3) is 0.682. The van der Waals surface area contributed by atoms with Crippen LogP contribution in [-0.2, 0) is 14.3 Å². The summed E-state index contributed by atoms with van der Waals surface area (Å²) >= 11 is 0. The lowest BCUT2D eigenvalue weighted by atomic mass is 10.2. The lowest BCUT2D eigenvalue weighted by Gasteiger charge is -2.09. The molecule has 0 saturated heterocycles. The maximum absolute atomic E-state index is 9.18. The lowest BCUT2D eigenvalue weighted by Crippen LogP contribution is -2.07. The Morgan fingerprint density at radius 3 is 2.00 bits per heavy atom. The van der Waals surface area contributed by atoms with Gasteiger partial charge in [-0.15, -0.1) is 6.58 Å². The Kier molecular flexibility index (Phi) is 48.1. The van der Waals surface area contributed by atoms with Crippen molar-refractivity contribution < 1.29 is 14.3 Å². The maximum Gasteiger partial charge on any atom is 0.293 e. The Labute approximate surface area is 158 Å². The number of ether oxygens (including phenoxy) is 2. The summed E-state index contributed by atoms with van der Waals surface area (Å²) in [6.07, 6.45) is 16.4. The summed E-state index contributed by atoms with van der Waals surface area (Å²) in [5, 5.41) is 0. The highest BCUT2D eigenvalue weighted by atomic mass is 16.5. The molecule has 0 fully saturated rings. The fourth-order valence-electron chi connectivity index (χ4n) is 1.31. The highest BCUT2D eigenvalue weighted by Gasteiger charge is 1.97. The first-order valence-electron chi connectivity index (χ1n) is 9.68. The topological polar surface area (TPSA) is 35.5 Å². The second-order valence-corrected chi connectivity index (χ2v) is 4.80. The fourth-order valence-corrected chi connectivity index (χ4v) is 1.31. The van der Waals surface area contributed by atoms with E-state index in [9.17, 15) is 4.79 Å². The molecule has 25 heavy (non-hydrogen) atoms. The van der Waals surface area contributed by atoms with Gasteiger partial charge in [-0.05, 0) is 46.5 Å². The normalized spacial score (nSPS) is 10.5. The maximum atomic E-state index is 9.18. The summed E-state index contributed by atoms with van der Waals surface area (Å²) in [6.45, 7) is 19.5. The van der Waals surface area contributed by atoms with Crippen molar-refractivity contribution in [3.63, 3.8) is 0 Å². The van der Waals surface area contributed by atoms with E-state index in [0.29, 0.717) is 19.2 Å². The van der Waals surface area contributed by atoms with Crippen LogP contribution < -0.4 is 0 Å². The number of carbonyl (C=O) groups is 1. The SMILES string of the molecule is C/C=C\CC.C=CCC[C@@H](C)OC/C=C/CCC.CC.CCOC=O. The third-order valence-electron chi connectivity index (χ3n) is 2.58. The van der Waals surface area contributed by atoms with Crippen molar-refractivity contribution in [2.45, 2.75) is 86.7 Å². The molecule has 0 aromatic carbocycles. The zero-order valence-electron chi connectivity index (χ0n) is 17.9. The third kappa shape index (κ3) is 51.8. The molecule has 3 heteroatoms. The molecule has 0 unspecified atom stereocenters. The number of hydrogen-bond donors (Lipinski definition) is 0. The molecule has 0 saturated carbocycles. The summed E-state index contributed by atoms with van der Waals surface area (Å²) < 4.78 is 9.71. The summed E-state index contributed by atoms with van der Waals surface area (Å²) in [6, 6.07) is 0. The van der Waals surface area contributed by atoms with E-state index >= 15 is 0 Å². The molecule has 0 aromatic heterocycles. The molecular formula is C22H44O3. The molecule has 0 rings (SSSR count). The van der Waals surface area contributed by atoms with Crippen LogP contribution in [0.3, 0.4) is 0 Å². The Bertz CT molecular complexity index is 270. The zero-order valence-corrected chi connectivity index (χ0v) is 17.9. The average molecular weight is 357 g/mol. The van der Waals surface area contributed by atoms with Gasteiger partial charge in [0.1, 0.15) is 0 Å². The average Bonchev–Trinajstić information content (AvgIpc) is 2.64. The first kappa shape index (κ1) is 31.4. The highest BCUT2D eigenvalue weighted by molar-refractivity contribution is 5.36. The molecule has 0 N–H and O–H groups in total. The molecule has 1 atom stereocenters. The van der Waals surface area contributed by atoms with Crippen molar-refractivity contribution in [1.82, 2.24) is 0 Å². The Balaban J connectivity index is -0.000000152. The summed E-state index contributed by atoms with van der Waals surface area (Å²) in [4.78, 5) is 9.18. The zero-order chi connectivity index (χ0) is 20.2. The van der Waals surface area contributed by atoms with E-state index in [1.807, 2.05) is 26.8 Å². The van der Waals surface area contributed by atoms with E-state index in [-0.39, 0.29) is 0 Å². The Hall–Kier alpha value is -1.35. The van der Waals surface area contributed by atoms with E-state index in [1.54, 1.807) is 6.92 Å². The molecule has 0 bridgehead atoms. The van der Waals surface area contributed by atoms with E-state index in [2.05, 4.69) is 56.4 Å². The minimum atomic E-state index is 0.351. The molecule has 0 aromatic rings. The van der Waals surface area contributed by atoms with Gasteiger partial charge in [0.25, 0.3) is 6.47 Å². The smallest absolute Gasteiger partial charge is 0.293 e. The van der Waals surface area contributed by atoms with Gasteiger partial charge in [0.2, 0.25) is 0 Å². The first-order chi connectivity index (χ1) is 12.1. The van der Waals surface area contributed by atoms with Gasteiger partial charge in [-0.25, -0.2) is 0 Å². The molecule has 0 radical (unpaired) electrons. The van der Waals surface area contributed by atoms with Gasteiger partial charge in [0.15, 0.2) is 0 Å². The summed E-state index contributed by atoms with van der Waals surface area (Å²) in [7, 11) is 0. The van der Waals surface area contributed by atoms with Crippen LogP contribution in [0.25, 0.3) is 0 Å². The van der Waals surface area contributed by atoms with Gasteiger partial charge < -0.3 is 9.47 Å². The molecular weight excluding hydrogens is 312 g/mol. The third-order valence-corrected chi connectivity index (χ3v) is 2.58. The molecule has 0 amide bonds. The summed E-state index contributed by atoms with van der Waals surface area (Å²) in [5.74, 6) is 0. The van der Waals surface area contributed by atoms with E-state index in [0.717, 1.165) is 32.3 Å². The predicted molar refractivity (Wildman–Crippen MR) is 113 cm³/mol. The minimum Gasteiger partial charge on any atom is -0.468 e. The van der Waals surface area contributed by atoms with E-state index in [1.165, 1.54) is 6.42 Å². The van der Waals surface area contributed by atoms with Gasteiger partial charge in [-0.3, -0.25) is 4.79 Å². The van der Waals surface area contributed by atoms with Crippen molar-refractivity contribution in [2.75, 3.05) is 13.2 Å². The van der Waals surface area contributed by atoms with Crippen molar-refractivity contribution in [3.8, 4) is 0 Å². The van der Waals surface area contributed by atoms with Crippen LogP contribution in [0.15, 0.2) is 37.0 Å². The van der Waals surface area contributed by atoms with E-state index < -0.39 is 0 Å². The highest BCUT2D eigenvalue weighted by Crippen LogP contribution is 2.01. The minimum absolute atomic E-state index is 0.351. The number of allylic oxidation sites excluding steroid dienone is 4. The van der Waals surface area contributed by atoms with Crippen molar-refractivity contribution in [3.05, 3.63) is 37.0 Å². The van der Waals surface area contributed by atoms with Gasteiger partial charge in [0, 0.05) is 0 Å². The van der Waals surface area contributed by atoms with Crippen LogP contribution in [0.4, 0.5) is 0 Å². The number of unbranched alkanes of at least 4 members (excludes halogenated alkanes) is 1. The van der Waals surface area contributed by atoms with Gasteiger partial charge in [-0.2, -0.15) is 0 Å². The van der Waals surface area contributed by atoms with Gasteiger partial charge in [0.05, 0.1) is 19.3 Å². The van der Waals surface area contributed by atoms with Crippen molar-refractivity contribution in [2.24, 2.45) is 0 Å². The Morgan fingerprint density at radius 2 is 1.68 bits per heavy atom.